The SMILES string of the molecule is CCCCC[C@@H](O)/C=C/[C@H]1C2CC(CCCCC(=O)N(C)C)=C[C@@H]2C[C@@H]1O. The number of aliphatic hydroxyl groups is 2. The topological polar surface area (TPSA) is 60.8 Å². The second kappa shape index (κ2) is 11.0. The molecule has 5 atom stereocenters. The Balaban J connectivity index is 1.76. The average Bonchev–Trinajstić information content (AvgIpc) is 3.13. The van der Waals surface area contributed by atoms with Crippen molar-refractivity contribution in [2.45, 2.75) is 83.3 Å². The molecule has 0 aromatic carbocycles. The van der Waals surface area contributed by atoms with E-state index in [0.717, 1.165) is 51.4 Å². The molecule has 1 fully saturated rings. The lowest BCUT2D eigenvalue weighted by Crippen LogP contribution is -2.21. The number of allylic oxidation sites excluding steroid dienone is 2. The van der Waals surface area contributed by atoms with Crippen LogP contribution in [0, 0.1) is 17.8 Å². The third-order valence-electron chi connectivity index (χ3n) is 6.25. The predicted molar refractivity (Wildman–Crippen MR) is 110 cm³/mol. The van der Waals surface area contributed by atoms with Crippen LogP contribution in [0.4, 0.5) is 0 Å². The Labute approximate surface area is 165 Å². The highest BCUT2D eigenvalue weighted by Crippen LogP contribution is 2.48. The van der Waals surface area contributed by atoms with E-state index in [1.165, 1.54) is 12.0 Å². The van der Waals surface area contributed by atoms with E-state index in [1.54, 1.807) is 4.90 Å². The average molecular weight is 378 g/mol. The Bertz CT molecular complexity index is 526. The van der Waals surface area contributed by atoms with Crippen molar-refractivity contribution in [3.05, 3.63) is 23.8 Å². The lowest BCUT2D eigenvalue weighted by atomic mass is 9.88. The summed E-state index contributed by atoms with van der Waals surface area (Å²) in [5.41, 5.74) is 1.50. The summed E-state index contributed by atoms with van der Waals surface area (Å²) >= 11 is 0. The number of carbonyl (C=O) groups is 1. The summed E-state index contributed by atoms with van der Waals surface area (Å²) < 4.78 is 0. The third kappa shape index (κ3) is 6.76. The number of hydrogen-bond donors (Lipinski definition) is 2. The molecule has 2 N–H and O–H groups in total. The molecule has 2 aliphatic carbocycles. The first-order valence-electron chi connectivity index (χ1n) is 10.9. The zero-order valence-electron chi connectivity index (χ0n) is 17.4. The molecule has 0 heterocycles. The van der Waals surface area contributed by atoms with Crippen LogP contribution < -0.4 is 0 Å². The maximum absolute atomic E-state index is 11.6. The van der Waals surface area contributed by atoms with Gasteiger partial charge in [0.1, 0.15) is 0 Å². The van der Waals surface area contributed by atoms with Gasteiger partial charge in [0.05, 0.1) is 12.2 Å². The predicted octanol–water partition coefficient (Wildman–Crippen LogP) is 4.08. The van der Waals surface area contributed by atoms with Gasteiger partial charge in [-0.05, 0) is 50.4 Å². The van der Waals surface area contributed by atoms with Gasteiger partial charge in [-0.2, -0.15) is 0 Å². The number of nitrogens with zero attached hydrogens (tertiary/aromatic N) is 1. The molecular weight excluding hydrogens is 338 g/mol. The van der Waals surface area contributed by atoms with Crippen LogP contribution in [0.3, 0.4) is 0 Å². The fraction of sp³-hybridized carbons (Fsp3) is 0.783. The van der Waals surface area contributed by atoms with Gasteiger partial charge in [-0.1, -0.05) is 50.0 Å². The van der Waals surface area contributed by atoms with Crippen LogP contribution >= 0.6 is 0 Å². The van der Waals surface area contributed by atoms with Crippen molar-refractivity contribution in [3.63, 3.8) is 0 Å². The molecule has 1 amide bonds. The number of fused-ring (bicyclic) bond motifs is 1. The molecule has 4 heteroatoms. The Hall–Kier alpha value is -1.13. The summed E-state index contributed by atoms with van der Waals surface area (Å²) in [6, 6.07) is 0. The van der Waals surface area contributed by atoms with Crippen molar-refractivity contribution in [1.82, 2.24) is 4.90 Å². The second-order valence-electron chi connectivity index (χ2n) is 8.68. The first-order valence-corrected chi connectivity index (χ1v) is 10.9. The van der Waals surface area contributed by atoms with Crippen molar-refractivity contribution in [2.75, 3.05) is 14.1 Å². The minimum absolute atomic E-state index is 0.167. The van der Waals surface area contributed by atoms with Gasteiger partial charge in [0, 0.05) is 26.4 Å². The quantitative estimate of drug-likeness (QED) is 0.421. The molecule has 1 saturated carbocycles. The Kier molecular flexibility index (Phi) is 9.04. The van der Waals surface area contributed by atoms with Crippen LogP contribution in [-0.4, -0.2) is 47.3 Å². The summed E-state index contributed by atoms with van der Waals surface area (Å²) in [4.78, 5) is 13.3. The van der Waals surface area contributed by atoms with Crippen LogP contribution in [0.5, 0.6) is 0 Å². The van der Waals surface area contributed by atoms with Gasteiger partial charge in [-0.3, -0.25) is 4.79 Å². The maximum Gasteiger partial charge on any atom is 0.222 e. The number of carbonyl (C=O) groups excluding carboxylic acids is 1. The van der Waals surface area contributed by atoms with E-state index in [4.69, 9.17) is 0 Å². The first kappa shape index (κ1) is 22.2. The molecule has 2 aliphatic rings. The van der Waals surface area contributed by atoms with E-state index in [1.807, 2.05) is 20.2 Å². The molecule has 154 valence electrons. The van der Waals surface area contributed by atoms with Crippen LogP contribution in [0.25, 0.3) is 0 Å². The van der Waals surface area contributed by atoms with Gasteiger partial charge in [-0.15, -0.1) is 0 Å². The minimum atomic E-state index is -0.383. The van der Waals surface area contributed by atoms with E-state index >= 15 is 0 Å². The van der Waals surface area contributed by atoms with Gasteiger partial charge in [0.25, 0.3) is 0 Å². The number of hydrogen-bond acceptors (Lipinski definition) is 3. The van der Waals surface area contributed by atoms with Crippen molar-refractivity contribution in [2.24, 2.45) is 17.8 Å². The highest BCUT2D eigenvalue weighted by atomic mass is 16.3. The minimum Gasteiger partial charge on any atom is -0.392 e. The lowest BCUT2D eigenvalue weighted by molar-refractivity contribution is -0.128. The van der Waals surface area contributed by atoms with E-state index in [-0.39, 0.29) is 24.0 Å². The molecule has 0 radical (unpaired) electrons. The fourth-order valence-electron chi connectivity index (χ4n) is 4.60. The maximum atomic E-state index is 11.6. The molecule has 0 spiro atoms. The second-order valence-corrected chi connectivity index (χ2v) is 8.68. The third-order valence-corrected chi connectivity index (χ3v) is 6.25. The Morgan fingerprint density at radius 1 is 1.30 bits per heavy atom. The van der Waals surface area contributed by atoms with Crippen molar-refractivity contribution >= 4 is 5.91 Å². The van der Waals surface area contributed by atoms with E-state index in [9.17, 15) is 15.0 Å². The number of unbranched alkanes of at least 4 members (excludes halogenated alkanes) is 3. The van der Waals surface area contributed by atoms with Gasteiger partial charge < -0.3 is 15.1 Å². The van der Waals surface area contributed by atoms with Crippen LogP contribution in [-0.2, 0) is 4.79 Å². The van der Waals surface area contributed by atoms with E-state index in [2.05, 4.69) is 19.1 Å². The standard InChI is InChI=1S/C23H39NO3/c1-4-5-6-10-19(25)12-13-20-21-15-17(14-18(21)16-22(20)26)9-7-8-11-23(27)24(2)3/h12-14,18-22,25-26H,4-11,15-16H2,1-3H3/b13-12+/t18-,19-,20+,21?,22+/m1/s1. The highest BCUT2D eigenvalue weighted by Gasteiger charge is 2.43. The van der Waals surface area contributed by atoms with Crippen LogP contribution in [0.2, 0.25) is 0 Å². The zero-order valence-corrected chi connectivity index (χ0v) is 17.4. The zero-order chi connectivity index (χ0) is 19.8. The molecule has 0 aliphatic heterocycles. The number of amides is 1. The van der Waals surface area contributed by atoms with E-state index < -0.39 is 0 Å². The highest BCUT2D eigenvalue weighted by molar-refractivity contribution is 5.75. The Morgan fingerprint density at radius 2 is 2.07 bits per heavy atom. The van der Waals surface area contributed by atoms with Gasteiger partial charge >= 0.3 is 0 Å². The van der Waals surface area contributed by atoms with Gasteiger partial charge in [-0.25, -0.2) is 0 Å². The van der Waals surface area contributed by atoms with E-state index in [0.29, 0.717) is 18.3 Å². The Morgan fingerprint density at radius 3 is 2.78 bits per heavy atom. The van der Waals surface area contributed by atoms with Crippen LogP contribution in [0.1, 0.15) is 71.1 Å². The first-order chi connectivity index (χ1) is 12.9. The molecule has 2 rings (SSSR count). The van der Waals surface area contributed by atoms with Crippen molar-refractivity contribution in [3.8, 4) is 0 Å². The number of aliphatic hydroxyl groups excluding tert-OH is 2. The monoisotopic (exact) mass is 377 g/mol. The van der Waals surface area contributed by atoms with Gasteiger partial charge in [0.15, 0.2) is 0 Å². The summed E-state index contributed by atoms with van der Waals surface area (Å²) in [5, 5.41) is 20.6. The normalized spacial score (nSPS) is 28.4. The molecule has 4 nitrogen and oxygen atoms in total. The van der Waals surface area contributed by atoms with Gasteiger partial charge in [0.2, 0.25) is 5.91 Å². The molecular formula is C23H39NO3. The van der Waals surface area contributed by atoms with Crippen molar-refractivity contribution in [1.29, 1.82) is 0 Å². The summed E-state index contributed by atoms with van der Waals surface area (Å²) in [6.45, 7) is 2.17. The summed E-state index contributed by atoms with van der Waals surface area (Å²) in [5.74, 6) is 1.33. The smallest absolute Gasteiger partial charge is 0.222 e. The van der Waals surface area contributed by atoms with Crippen LogP contribution in [0.15, 0.2) is 23.8 Å². The largest absolute Gasteiger partial charge is 0.392 e. The lowest BCUT2D eigenvalue weighted by Gasteiger charge is -2.19. The molecule has 1 unspecified atom stereocenters. The molecule has 27 heavy (non-hydrogen) atoms. The summed E-state index contributed by atoms with van der Waals surface area (Å²) in [7, 11) is 3.62. The van der Waals surface area contributed by atoms with Crippen molar-refractivity contribution < 1.29 is 15.0 Å². The fourth-order valence-corrected chi connectivity index (χ4v) is 4.60. The molecule has 0 aromatic rings. The molecule has 0 bridgehead atoms. The molecule has 0 saturated heterocycles. The summed E-state index contributed by atoms with van der Waals surface area (Å²) in [6.07, 6.45) is 15.5. The molecule has 0 aromatic heterocycles. The number of rotatable bonds is 11.